The van der Waals surface area contributed by atoms with Crippen LogP contribution in [0.25, 0.3) is 0 Å². The molecule has 21 heavy (non-hydrogen) atoms. The SMILES string of the molecule is C=CC[C@]1(C(OC)OC)CCC=C1Sc1ccc(C)cc1. The number of ether oxygens (including phenoxy) is 2. The van der Waals surface area contributed by atoms with Gasteiger partial charge in [-0.15, -0.1) is 6.58 Å². The topological polar surface area (TPSA) is 18.5 Å². The molecule has 0 fully saturated rings. The van der Waals surface area contributed by atoms with E-state index in [1.54, 1.807) is 14.2 Å². The molecule has 0 N–H and O–H groups in total. The Balaban J connectivity index is 2.26. The molecule has 0 aliphatic heterocycles. The lowest BCUT2D eigenvalue weighted by Crippen LogP contribution is -2.37. The molecule has 1 aliphatic carbocycles. The highest BCUT2D eigenvalue weighted by atomic mass is 32.2. The van der Waals surface area contributed by atoms with Gasteiger partial charge in [0.05, 0.1) is 5.41 Å². The molecular weight excluding hydrogens is 280 g/mol. The van der Waals surface area contributed by atoms with Crippen LogP contribution in [0.5, 0.6) is 0 Å². The minimum atomic E-state index is -0.234. The molecule has 114 valence electrons. The van der Waals surface area contributed by atoms with E-state index in [9.17, 15) is 0 Å². The molecule has 0 saturated heterocycles. The predicted molar refractivity (Wildman–Crippen MR) is 89.4 cm³/mol. The first kappa shape index (κ1) is 16.3. The van der Waals surface area contributed by atoms with Gasteiger partial charge in [-0.3, -0.25) is 0 Å². The minimum absolute atomic E-state index is 0.110. The van der Waals surface area contributed by atoms with E-state index < -0.39 is 0 Å². The fraction of sp³-hybridized carbons (Fsp3) is 0.444. The fourth-order valence-electron chi connectivity index (χ4n) is 3.00. The summed E-state index contributed by atoms with van der Waals surface area (Å²) in [5, 5.41) is 0. The monoisotopic (exact) mass is 304 g/mol. The van der Waals surface area contributed by atoms with Crippen LogP contribution >= 0.6 is 11.8 Å². The summed E-state index contributed by atoms with van der Waals surface area (Å²) >= 11 is 1.82. The van der Waals surface area contributed by atoms with Crippen LogP contribution < -0.4 is 0 Å². The maximum absolute atomic E-state index is 5.60. The van der Waals surface area contributed by atoms with Crippen molar-refractivity contribution >= 4 is 11.8 Å². The van der Waals surface area contributed by atoms with Crippen molar-refractivity contribution in [3.8, 4) is 0 Å². The van der Waals surface area contributed by atoms with E-state index in [1.165, 1.54) is 15.4 Å². The molecule has 1 aliphatic rings. The van der Waals surface area contributed by atoms with E-state index in [0.717, 1.165) is 19.3 Å². The number of benzene rings is 1. The number of rotatable bonds is 7. The van der Waals surface area contributed by atoms with Gasteiger partial charge in [0.2, 0.25) is 0 Å². The smallest absolute Gasteiger partial charge is 0.167 e. The molecule has 0 unspecified atom stereocenters. The molecular formula is C18H24O2S. The standard InChI is InChI=1S/C18H24O2S/c1-5-12-18(17(19-3)20-4)13-6-7-16(18)21-15-10-8-14(2)9-11-15/h5,7-11,17H,1,6,12-13H2,2-4H3/t18-/m0/s1. The number of hydrogen-bond acceptors (Lipinski definition) is 3. The number of allylic oxidation sites excluding steroid dienone is 2. The van der Waals surface area contributed by atoms with Crippen LogP contribution in [0.4, 0.5) is 0 Å². The third kappa shape index (κ3) is 3.42. The quantitative estimate of drug-likeness (QED) is 0.525. The van der Waals surface area contributed by atoms with Crippen molar-refractivity contribution in [3.63, 3.8) is 0 Å². The largest absolute Gasteiger partial charge is 0.355 e. The zero-order valence-corrected chi connectivity index (χ0v) is 13.9. The second kappa shape index (κ2) is 7.30. The Hall–Kier alpha value is -1.03. The van der Waals surface area contributed by atoms with E-state index in [2.05, 4.69) is 43.8 Å². The lowest BCUT2D eigenvalue weighted by atomic mass is 9.82. The van der Waals surface area contributed by atoms with Crippen LogP contribution in [-0.2, 0) is 9.47 Å². The molecule has 0 bridgehead atoms. The molecule has 0 radical (unpaired) electrons. The summed E-state index contributed by atoms with van der Waals surface area (Å²) in [6.45, 7) is 6.03. The molecule has 0 amide bonds. The van der Waals surface area contributed by atoms with Crippen molar-refractivity contribution in [2.45, 2.75) is 37.4 Å². The molecule has 2 rings (SSSR count). The molecule has 0 saturated carbocycles. The van der Waals surface area contributed by atoms with Gasteiger partial charge in [-0.25, -0.2) is 0 Å². The summed E-state index contributed by atoms with van der Waals surface area (Å²) in [5.74, 6) is 0. The minimum Gasteiger partial charge on any atom is -0.355 e. The van der Waals surface area contributed by atoms with E-state index in [1.807, 2.05) is 17.8 Å². The van der Waals surface area contributed by atoms with Crippen LogP contribution in [0.1, 0.15) is 24.8 Å². The van der Waals surface area contributed by atoms with Gasteiger partial charge in [0.25, 0.3) is 0 Å². The van der Waals surface area contributed by atoms with E-state index in [0.29, 0.717) is 0 Å². The van der Waals surface area contributed by atoms with Gasteiger partial charge in [-0.2, -0.15) is 0 Å². The van der Waals surface area contributed by atoms with Crippen LogP contribution in [-0.4, -0.2) is 20.5 Å². The highest BCUT2D eigenvalue weighted by Gasteiger charge is 2.44. The molecule has 3 heteroatoms. The first-order valence-corrected chi connectivity index (χ1v) is 8.09. The van der Waals surface area contributed by atoms with E-state index >= 15 is 0 Å². The zero-order valence-electron chi connectivity index (χ0n) is 13.1. The summed E-state index contributed by atoms with van der Waals surface area (Å²) in [6.07, 6.45) is 7.02. The Morgan fingerprint density at radius 1 is 1.29 bits per heavy atom. The fourth-order valence-corrected chi connectivity index (χ4v) is 4.21. The summed E-state index contributed by atoms with van der Waals surface area (Å²) in [7, 11) is 3.43. The van der Waals surface area contributed by atoms with Crippen LogP contribution in [0.2, 0.25) is 0 Å². The number of thioether (sulfide) groups is 1. The molecule has 1 aromatic rings. The molecule has 0 spiro atoms. The maximum atomic E-state index is 5.60. The van der Waals surface area contributed by atoms with Crippen molar-refractivity contribution in [2.75, 3.05) is 14.2 Å². The number of methoxy groups -OCH3 is 2. The zero-order chi connectivity index (χ0) is 15.3. The summed E-state index contributed by atoms with van der Waals surface area (Å²) in [4.78, 5) is 2.59. The van der Waals surface area contributed by atoms with Crippen molar-refractivity contribution in [1.82, 2.24) is 0 Å². The van der Waals surface area contributed by atoms with Gasteiger partial charge in [0.15, 0.2) is 6.29 Å². The third-order valence-corrected chi connectivity index (χ3v) is 5.35. The Morgan fingerprint density at radius 3 is 2.52 bits per heavy atom. The molecule has 0 aromatic heterocycles. The van der Waals surface area contributed by atoms with Gasteiger partial charge in [-0.05, 0) is 43.2 Å². The van der Waals surface area contributed by atoms with Crippen molar-refractivity contribution in [3.05, 3.63) is 53.5 Å². The van der Waals surface area contributed by atoms with Gasteiger partial charge in [0, 0.05) is 19.1 Å². The summed E-state index contributed by atoms with van der Waals surface area (Å²) in [5.41, 5.74) is 1.17. The molecule has 2 nitrogen and oxygen atoms in total. The number of aryl methyl sites for hydroxylation is 1. The van der Waals surface area contributed by atoms with Gasteiger partial charge < -0.3 is 9.47 Å². The number of hydrogen-bond donors (Lipinski definition) is 0. The molecule has 1 aromatic carbocycles. The normalized spacial score (nSPS) is 21.6. The Bertz CT molecular complexity index is 502. The summed E-state index contributed by atoms with van der Waals surface area (Å²) in [6, 6.07) is 8.65. The average molecular weight is 304 g/mol. The van der Waals surface area contributed by atoms with E-state index in [-0.39, 0.29) is 11.7 Å². The third-order valence-electron chi connectivity index (χ3n) is 4.05. The highest BCUT2D eigenvalue weighted by molar-refractivity contribution is 8.03. The van der Waals surface area contributed by atoms with E-state index in [4.69, 9.17) is 9.47 Å². The van der Waals surface area contributed by atoms with Crippen LogP contribution in [0.15, 0.2) is 52.8 Å². The second-order valence-electron chi connectivity index (χ2n) is 5.47. The van der Waals surface area contributed by atoms with Gasteiger partial charge >= 0.3 is 0 Å². The van der Waals surface area contributed by atoms with Crippen molar-refractivity contribution < 1.29 is 9.47 Å². The van der Waals surface area contributed by atoms with Crippen molar-refractivity contribution in [2.24, 2.45) is 5.41 Å². The van der Waals surface area contributed by atoms with Crippen LogP contribution in [0, 0.1) is 12.3 Å². The van der Waals surface area contributed by atoms with Gasteiger partial charge in [-0.1, -0.05) is 41.6 Å². The Morgan fingerprint density at radius 2 is 1.95 bits per heavy atom. The average Bonchev–Trinajstić information content (AvgIpc) is 2.87. The van der Waals surface area contributed by atoms with Gasteiger partial charge in [0.1, 0.15) is 0 Å². The van der Waals surface area contributed by atoms with Crippen LogP contribution in [0.3, 0.4) is 0 Å². The first-order chi connectivity index (χ1) is 10.2. The lowest BCUT2D eigenvalue weighted by molar-refractivity contribution is -0.162. The highest BCUT2D eigenvalue weighted by Crippen LogP contribution is 2.53. The summed E-state index contributed by atoms with van der Waals surface area (Å²) < 4.78 is 11.2. The maximum Gasteiger partial charge on any atom is 0.167 e. The Labute approximate surface area is 132 Å². The lowest BCUT2D eigenvalue weighted by Gasteiger charge is -2.37. The first-order valence-electron chi connectivity index (χ1n) is 7.28. The molecule has 0 heterocycles. The molecule has 1 atom stereocenters. The Kier molecular flexibility index (Phi) is 5.68. The van der Waals surface area contributed by atoms with Crippen molar-refractivity contribution in [1.29, 1.82) is 0 Å². The second-order valence-corrected chi connectivity index (χ2v) is 6.59. The predicted octanol–water partition coefficient (Wildman–Crippen LogP) is 4.95.